The van der Waals surface area contributed by atoms with E-state index in [2.05, 4.69) is 0 Å². The highest BCUT2D eigenvalue weighted by Gasteiger charge is 2.28. The van der Waals surface area contributed by atoms with E-state index in [0.29, 0.717) is 0 Å². The van der Waals surface area contributed by atoms with E-state index in [0.717, 1.165) is 0 Å². The molecule has 90 valence electrons. The number of nitrogens with one attached hydrogen (secondary N) is 1. The van der Waals surface area contributed by atoms with Crippen LogP contribution in [0.15, 0.2) is 0 Å². The largest absolute Gasteiger partial charge is 0.480 e. The lowest BCUT2D eigenvalue weighted by molar-refractivity contribution is -0.146. The Kier molecular flexibility index (Phi) is 5.36. The summed E-state index contributed by atoms with van der Waals surface area (Å²) in [6.07, 6.45) is -1.97. The number of amides is 1. The molecule has 0 radical (unpaired) electrons. The third-order valence-corrected chi connectivity index (χ3v) is 1.59. The van der Waals surface area contributed by atoms with E-state index in [-0.39, 0.29) is 6.42 Å². The van der Waals surface area contributed by atoms with Crippen molar-refractivity contribution in [3.8, 4) is 12.3 Å². The summed E-state index contributed by atoms with van der Waals surface area (Å²) in [6.45, 7) is 0. The summed E-state index contributed by atoms with van der Waals surface area (Å²) in [5.74, 6) is -0.354. The fourth-order valence-electron chi connectivity index (χ4n) is 0.840. The summed E-state index contributed by atoms with van der Waals surface area (Å²) in [6, 6.07) is -1.34. The van der Waals surface area contributed by atoms with Gasteiger partial charge < -0.3 is 10.4 Å². The molecule has 4 nitrogen and oxygen atoms in total. The maximum Gasteiger partial charge on any atom is 0.389 e. The van der Waals surface area contributed by atoms with E-state index >= 15 is 0 Å². The Morgan fingerprint density at radius 2 is 2.00 bits per heavy atom. The smallest absolute Gasteiger partial charge is 0.389 e. The van der Waals surface area contributed by atoms with Crippen LogP contribution in [0.4, 0.5) is 13.2 Å². The van der Waals surface area contributed by atoms with Crippen LogP contribution in [0.3, 0.4) is 0 Å². The zero-order valence-electron chi connectivity index (χ0n) is 8.17. The van der Waals surface area contributed by atoms with Crippen LogP contribution < -0.4 is 5.32 Å². The van der Waals surface area contributed by atoms with Crippen molar-refractivity contribution in [2.45, 2.75) is 31.5 Å². The lowest BCUT2D eigenvalue weighted by Gasteiger charge is -2.12. The fourth-order valence-corrected chi connectivity index (χ4v) is 0.840. The van der Waals surface area contributed by atoms with Gasteiger partial charge in [0.1, 0.15) is 6.04 Å². The van der Waals surface area contributed by atoms with Gasteiger partial charge in [-0.05, 0) is 0 Å². The number of carbonyl (C=O) groups excluding carboxylic acids is 1. The molecule has 0 aromatic carbocycles. The van der Waals surface area contributed by atoms with Crippen molar-refractivity contribution in [2.24, 2.45) is 0 Å². The van der Waals surface area contributed by atoms with Crippen LogP contribution in [0.25, 0.3) is 0 Å². The molecule has 1 unspecified atom stereocenters. The highest BCUT2D eigenvalue weighted by molar-refractivity contribution is 5.83. The van der Waals surface area contributed by atoms with E-state index in [1.165, 1.54) is 0 Å². The van der Waals surface area contributed by atoms with Gasteiger partial charge in [-0.3, -0.25) is 4.79 Å². The van der Waals surface area contributed by atoms with E-state index in [1.54, 1.807) is 0 Å². The Morgan fingerprint density at radius 1 is 1.44 bits per heavy atom. The Balaban J connectivity index is 4.12. The Bertz CT molecular complexity index is 306. The Labute approximate surface area is 89.8 Å². The molecule has 7 heteroatoms. The molecule has 1 atom stereocenters. The molecule has 0 rings (SSSR count). The maximum absolute atomic E-state index is 11.7. The number of aliphatic carboxylic acids is 1. The van der Waals surface area contributed by atoms with E-state index in [1.807, 2.05) is 11.2 Å². The van der Waals surface area contributed by atoms with Gasteiger partial charge >= 0.3 is 12.1 Å². The van der Waals surface area contributed by atoms with Gasteiger partial charge in [-0.2, -0.15) is 13.2 Å². The number of rotatable bonds is 5. The van der Waals surface area contributed by atoms with Crippen molar-refractivity contribution in [1.82, 2.24) is 5.32 Å². The number of alkyl halides is 3. The summed E-state index contributed by atoms with van der Waals surface area (Å²) < 4.78 is 35.2. The second-order valence-corrected chi connectivity index (χ2v) is 2.98. The van der Waals surface area contributed by atoms with Crippen LogP contribution in [0.5, 0.6) is 0 Å². The molecule has 2 N–H and O–H groups in total. The molecule has 0 aromatic rings. The van der Waals surface area contributed by atoms with Crippen molar-refractivity contribution in [3.05, 3.63) is 0 Å². The molecule has 0 aliphatic carbocycles. The average molecular weight is 237 g/mol. The first-order valence-corrected chi connectivity index (χ1v) is 4.28. The maximum atomic E-state index is 11.7. The van der Waals surface area contributed by atoms with E-state index < -0.39 is 36.9 Å². The normalized spacial score (nSPS) is 12.6. The molecule has 0 saturated carbocycles. The lowest BCUT2D eigenvalue weighted by atomic mass is 10.2. The first kappa shape index (κ1) is 14.3. The number of carboxylic acid groups (broad SMARTS) is 1. The monoisotopic (exact) mass is 237 g/mol. The standard InChI is InChI=1S/C9H10F3NO3/c1-2-3-6(8(15)16)13-7(14)4-5-9(10,11)12/h1,6H,3-5H2,(H,13,14)(H,15,16). The number of terminal acetylenes is 1. The predicted molar refractivity (Wildman–Crippen MR) is 48.3 cm³/mol. The predicted octanol–water partition coefficient (Wildman–Crippen LogP) is 0.922. The van der Waals surface area contributed by atoms with Crippen LogP contribution in [0.1, 0.15) is 19.3 Å². The third kappa shape index (κ3) is 6.70. The number of carboxylic acids is 1. The molecule has 0 spiro atoms. The molecule has 0 fully saturated rings. The molecule has 0 aliphatic heterocycles. The molecule has 0 saturated heterocycles. The SMILES string of the molecule is C#CCC(NC(=O)CCC(F)(F)F)C(=O)O. The summed E-state index contributed by atoms with van der Waals surface area (Å²) in [7, 11) is 0. The summed E-state index contributed by atoms with van der Waals surface area (Å²) >= 11 is 0. The van der Waals surface area contributed by atoms with Crippen molar-refractivity contribution in [3.63, 3.8) is 0 Å². The summed E-state index contributed by atoms with van der Waals surface area (Å²) in [5.41, 5.74) is 0. The van der Waals surface area contributed by atoms with Gasteiger partial charge in [-0.25, -0.2) is 4.79 Å². The number of carbonyl (C=O) groups is 2. The molecule has 0 bridgehead atoms. The minimum absolute atomic E-state index is 0.271. The highest BCUT2D eigenvalue weighted by Crippen LogP contribution is 2.21. The molecule has 0 aliphatic rings. The zero-order chi connectivity index (χ0) is 12.8. The Morgan fingerprint density at radius 3 is 2.38 bits per heavy atom. The summed E-state index contributed by atoms with van der Waals surface area (Å²) in [5, 5.41) is 10.5. The van der Waals surface area contributed by atoms with Crippen LogP contribution in [-0.4, -0.2) is 29.2 Å². The van der Waals surface area contributed by atoms with E-state index in [9.17, 15) is 22.8 Å². The van der Waals surface area contributed by atoms with Crippen molar-refractivity contribution < 1.29 is 27.9 Å². The van der Waals surface area contributed by atoms with Crippen molar-refractivity contribution >= 4 is 11.9 Å². The topological polar surface area (TPSA) is 66.4 Å². The van der Waals surface area contributed by atoms with Crippen molar-refractivity contribution in [1.29, 1.82) is 0 Å². The molecular weight excluding hydrogens is 227 g/mol. The van der Waals surface area contributed by atoms with Crippen LogP contribution in [0.2, 0.25) is 0 Å². The van der Waals surface area contributed by atoms with Gasteiger partial charge in [0.05, 0.1) is 6.42 Å². The second kappa shape index (κ2) is 6.00. The van der Waals surface area contributed by atoms with Crippen molar-refractivity contribution in [2.75, 3.05) is 0 Å². The molecule has 0 heterocycles. The van der Waals surface area contributed by atoms with Crippen LogP contribution >= 0.6 is 0 Å². The van der Waals surface area contributed by atoms with Gasteiger partial charge in [-0.15, -0.1) is 12.3 Å². The van der Waals surface area contributed by atoms with Gasteiger partial charge in [0.15, 0.2) is 0 Å². The molecule has 1 amide bonds. The number of hydrogen-bond acceptors (Lipinski definition) is 2. The minimum Gasteiger partial charge on any atom is -0.480 e. The number of hydrogen-bond donors (Lipinski definition) is 2. The average Bonchev–Trinajstić information content (AvgIpc) is 2.13. The molecule has 0 aromatic heterocycles. The second-order valence-electron chi connectivity index (χ2n) is 2.98. The van der Waals surface area contributed by atoms with Gasteiger partial charge in [0.25, 0.3) is 0 Å². The lowest BCUT2D eigenvalue weighted by Crippen LogP contribution is -2.40. The molecule has 16 heavy (non-hydrogen) atoms. The third-order valence-electron chi connectivity index (χ3n) is 1.59. The quantitative estimate of drug-likeness (QED) is 0.699. The highest BCUT2D eigenvalue weighted by atomic mass is 19.4. The first-order valence-electron chi connectivity index (χ1n) is 4.28. The zero-order valence-corrected chi connectivity index (χ0v) is 8.17. The Hall–Kier alpha value is -1.71. The van der Waals surface area contributed by atoms with Gasteiger partial charge in [-0.1, -0.05) is 0 Å². The number of halogens is 3. The van der Waals surface area contributed by atoms with Crippen LogP contribution in [-0.2, 0) is 9.59 Å². The summed E-state index contributed by atoms with van der Waals surface area (Å²) in [4.78, 5) is 21.4. The van der Waals surface area contributed by atoms with E-state index in [4.69, 9.17) is 11.5 Å². The van der Waals surface area contributed by atoms with Crippen LogP contribution in [0, 0.1) is 12.3 Å². The molecular formula is C9H10F3NO3. The minimum atomic E-state index is -4.44. The van der Waals surface area contributed by atoms with Gasteiger partial charge in [0.2, 0.25) is 5.91 Å². The van der Waals surface area contributed by atoms with Gasteiger partial charge in [0, 0.05) is 12.8 Å². The first-order chi connectivity index (χ1) is 7.26. The fraction of sp³-hybridized carbons (Fsp3) is 0.556.